The fraction of sp³-hybridized carbons (Fsp3) is 0.471. The molecule has 1 aliphatic heterocycles. The lowest BCUT2D eigenvalue weighted by Crippen LogP contribution is -2.36. The van der Waals surface area contributed by atoms with Crippen molar-refractivity contribution in [3.8, 4) is 0 Å². The van der Waals surface area contributed by atoms with Crippen LogP contribution in [0.15, 0.2) is 46.8 Å². The summed E-state index contributed by atoms with van der Waals surface area (Å²) in [6.45, 7) is 6.10. The Balaban J connectivity index is 0.00000312. The van der Waals surface area contributed by atoms with Gasteiger partial charge in [-0.2, -0.15) is 4.31 Å². The Morgan fingerprint density at radius 1 is 1.20 bits per heavy atom. The van der Waals surface area contributed by atoms with E-state index in [0.717, 1.165) is 24.8 Å². The number of nitrogens with one attached hydrogen (secondary N) is 2. The van der Waals surface area contributed by atoms with Crippen LogP contribution in [-0.2, 0) is 16.6 Å². The molecule has 0 saturated carbocycles. The average Bonchev–Trinajstić information content (AvgIpc) is 2.63. The Morgan fingerprint density at radius 3 is 2.40 bits per heavy atom. The van der Waals surface area contributed by atoms with Crippen molar-refractivity contribution in [2.75, 3.05) is 26.7 Å². The van der Waals surface area contributed by atoms with Gasteiger partial charge in [0.15, 0.2) is 5.96 Å². The van der Waals surface area contributed by atoms with Gasteiger partial charge in [-0.3, -0.25) is 4.99 Å². The summed E-state index contributed by atoms with van der Waals surface area (Å²) in [5.74, 6) is 0.680. The number of halogens is 1. The number of rotatable bonds is 6. The van der Waals surface area contributed by atoms with Gasteiger partial charge in [-0.25, -0.2) is 8.42 Å². The molecule has 0 bridgehead atoms. The molecular weight excluding hydrogens is 451 g/mol. The number of piperidine rings is 1. The van der Waals surface area contributed by atoms with Gasteiger partial charge in [-0.15, -0.1) is 30.6 Å². The average molecular weight is 478 g/mol. The van der Waals surface area contributed by atoms with E-state index in [2.05, 4.69) is 22.2 Å². The lowest BCUT2D eigenvalue weighted by atomic mass is 10.2. The molecule has 0 aromatic heterocycles. The van der Waals surface area contributed by atoms with E-state index in [1.807, 2.05) is 12.1 Å². The van der Waals surface area contributed by atoms with E-state index in [1.54, 1.807) is 29.6 Å². The quantitative estimate of drug-likeness (QED) is 0.285. The van der Waals surface area contributed by atoms with Crippen molar-refractivity contribution in [1.29, 1.82) is 0 Å². The maximum Gasteiger partial charge on any atom is 0.243 e. The Kier molecular flexibility index (Phi) is 9.44. The molecule has 0 spiro atoms. The number of aliphatic imine (C=N–C) groups is 1. The highest BCUT2D eigenvalue weighted by atomic mass is 127. The smallest absolute Gasteiger partial charge is 0.243 e. The topological polar surface area (TPSA) is 73.8 Å². The molecule has 2 N–H and O–H groups in total. The van der Waals surface area contributed by atoms with Gasteiger partial charge in [-0.1, -0.05) is 24.6 Å². The van der Waals surface area contributed by atoms with Gasteiger partial charge < -0.3 is 10.6 Å². The highest BCUT2D eigenvalue weighted by Crippen LogP contribution is 2.20. The SMILES string of the molecule is C=CCNC(=NC)NCc1ccc(S(=O)(=O)N2CCCCC2)cc1.I. The van der Waals surface area contributed by atoms with Gasteiger partial charge >= 0.3 is 0 Å². The Morgan fingerprint density at radius 2 is 1.84 bits per heavy atom. The summed E-state index contributed by atoms with van der Waals surface area (Å²) in [5, 5.41) is 6.26. The fourth-order valence-electron chi connectivity index (χ4n) is 2.61. The molecule has 8 heteroatoms. The Labute approximate surface area is 167 Å². The molecule has 1 saturated heterocycles. The molecule has 25 heavy (non-hydrogen) atoms. The van der Waals surface area contributed by atoms with Gasteiger partial charge in [0.05, 0.1) is 4.90 Å². The van der Waals surface area contributed by atoms with Crippen LogP contribution in [0.25, 0.3) is 0 Å². The zero-order chi connectivity index (χ0) is 17.4. The standard InChI is InChI=1S/C17H26N4O2S.HI/c1-3-11-19-17(18-2)20-14-15-7-9-16(10-8-15)24(22,23)21-12-5-4-6-13-21;/h3,7-10H,1,4-6,11-14H2,2H3,(H2,18,19,20);1H. The largest absolute Gasteiger partial charge is 0.353 e. The number of hydrogen-bond acceptors (Lipinski definition) is 3. The van der Waals surface area contributed by atoms with Crippen molar-refractivity contribution in [1.82, 2.24) is 14.9 Å². The predicted octanol–water partition coefficient (Wildman–Crippen LogP) is 2.33. The lowest BCUT2D eigenvalue weighted by Gasteiger charge is -2.25. The van der Waals surface area contributed by atoms with Gasteiger partial charge in [0.2, 0.25) is 10.0 Å². The number of benzene rings is 1. The molecule has 1 aromatic rings. The van der Waals surface area contributed by atoms with Crippen molar-refractivity contribution in [3.63, 3.8) is 0 Å². The first-order valence-electron chi connectivity index (χ1n) is 8.22. The van der Waals surface area contributed by atoms with Crippen LogP contribution in [0, 0.1) is 0 Å². The monoisotopic (exact) mass is 478 g/mol. The molecule has 1 aliphatic rings. The predicted molar refractivity (Wildman–Crippen MR) is 113 cm³/mol. The second-order valence-electron chi connectivity index (χ2n) is 5.70. The molecule has 0 radical (unpaired) electrons. The molecule has 0 unspecified atom stereocenters. The van der Waals surface area contributed by atoms with E-state index in [0.29, 0.717) is 37.0 Å². The first-order chi connectivity index (χ1) is 11.6. The molecule has 1 heterocycles. The molecule has 0 atom stereocenters. The fourth-order valence-corrected chi connectivity index (χ4v) is 4.13. The molecule has 140 valence electrons. The molecule has 1 aromatic carbocycles. The van der Waals surface area contributed by atoms with Crippen LogP contribution in [0.3, 0.4) is 0 Å². The minimum atomic E-state index is -3.36. The maximum atomic E-state index is 12.6. The van der Waals surface area contributed by atoms with Crippen LogP contribution in [0.2, 0.25) is 0 Å². The van der Waals surface area contributed by atoms with Crippen molar-refractivity contribution in [3.05, 3.63) is 42.5 Å². The minimum absolute atomic E-state index is 0. The van der Waals surface area contributed by atoms with Crippen molar-refractivity contribution < 1.29 is 8.42 Å². The second kappa shape index (κ2) is 10.8. The zero-order valence-electron chi connectivity index (χ0n) is 14.6. The third kappa shape index (κ3) is 6.27. The van der Waals surface area contributed by atoms with Crippen molar-refractivity contribution in [2.45, 2.75) is 30.7 Å². The Hall–Kier alpha value is -1.13. The number of nitrogens with zero attached hydrogens (tertiary/aromatic N) is 2. The van der Waals surface area contributed by atoms with E-state index >= 15 is 0 Å². The maximum absolute atomic E-state index is 12.6. The van der Waals surface area contributed by atoms with Crippen molar-refractivity contribution >= 4 is 40.0 Å². The Bertz CT molecular complexity index is 668. The van der Waals surface area contributed by atoms with E-state index in [4.69, 9.17) is 0 Å². The molecular formula is C17H27IN4O2S. The highest BCUT2D eigenvalue weighted by molar-refractivity contribution is 14.0. The van der Waals surface area contributed by atoms with Crippen LogP contribution < -0.4 is 10.6 Å². The lowest BCUT2D eigenvalue weighted by molar-refractivity contribution is 0.346. The van der Waals surface area contributed by atoms with E-state index in [1.165, 1.54) is 0 Å². The summed E-state index contributed by atoms with van der Waals surface area (Å²) in [7, 11) is -1.66. The number of guanidine groups is 1. The van der Waals surface area contributed by atoms with E-state index in [-0.39, 0.29) is 24.0 Å². The normalized spacial score (nSPS) is 16.0. The summed E-state index contributed by atoms with van der Waals surface area (Å²) >= 11 is 0. The van der Waals surface area contributed by atoms with E-state index in [9.17, 15) is 8.42 Å². The molecule has 0 amide bonds. The van der Waals surface area contributed by atoms with Gasteiger partial charge in [-0.05, 0) is 30.5 Å². The number of sulfonamides is 1. The molecule has 1 fully saturated rings. The number of hydrogen-bond donors (Lipinski definition) is 2. The summed E-state index contributed by atoms with van der Waals surface area (Å²) < 4.78 is 26.8. The van der Waals surface area contributed by atoms with Crippen LogP contribution in [0.4, 0.5) is 0 Å². The highest BCUT2D eigenvalue weighted by Gasteiger charge is 2.25. The van der Waals surface area contributed by atoms with Gasteiger partial charge in [0.1, 0.15) is 0 Å². The minimum Gasteiger partial charge on any atom is -0.353 e. The van der Waals surface area contributed by atoms with Crippen LogP contribution >= 0.6 is 24.0 Å². The molecule has 2 rings (SSSR count). The van der Waals surface area contributed by atoms with Gasteiger partial charge in [0, 0.05) is 33.2 Å². The summed E-state index contributed by atoms with van der Waals surface area (Å²) in [6.07, 6.45) is 4.75. The molecule has 0 aliphatic carbocycles. The molecule has 6 nitrogen and oxygen atoms in total. The zero-order valence-corrected chi connectivity index (χ0v) is 17.7. The third-order valence-electron chi connectivity index (χ3n) is 3.97. The first kappa shape index (κ1) is 21.9. The van der Waals surface area contributed by atoms with Gasteiger partial charge in [0.25, 0.3) is 0 Å². The summed E-state index contributed by atoms with van der Waals surface area (Å²) in [4.78, 5) is 4.47. The summed E-state index contributed by atoms with van der Waals surface area (Å²) in [6, 6.07) is 7.04. The van der Waals surface area contributed by atoms with Crippen LogP contribution in [-0.4, -0.2) is 45.4 Å². The van der Waals surface area contributed by atoms with Crippen LogP contribution in [0.5, 0.6) is 0 Å². The third-order valence-corrected chi connectivity index (χ3v) is 5.89. The van der Waals surface area contributed by atoms with E-state index < -0.39 is 10.0 Å². The van der Waals surface area contributed by atoms with Crippen molar-refractivity contribution in [2.24, 2.45) is 4.99 Å². The first-order valence-corrected chi connectivity index (χ1v) is 9.66. The van der Waals surface area contributed by atoms with Crippen LogP contribution in [0.1, 0.15) is 24.8 Å². The summed E-state index contributed by atoms with van der Waals surface area (Å²) in [5.41, 5.74) is 0.995. The second-order valence-corrected chi connectivity index (χ2v) is 7.64.